The van der Waals surface area contributed by atoms with Gasteiger partial charge in [0.05, 0.1) is 12.7 Å². The molecule has 1 atom stereocenters. The Morgan fingerprint density at radius 3 is 2.76 bits per heavy atom. The predicted octanol–water partition coefficient (Wildman–Crippen LogP) is 3.64. The zero-order valence-electron chi connectivity index (χ0n) is 16.8. The standard InChI is InChI=1S/C23H25N3O3/c1-14-12-16(28-2)6-7-17(14)23-25-21-18(4-3-5-20(21)29-23)22(27)24-19-13-26-10-8-15(19)9-11-26/h3-7,12,15,19H,8-11,13H2,1-2H3,(H,24,27). The second-order valence-corrected chi connectivity index (χ2v) is 8.07. The summed E-state index contributed by atoms with van der Waals surface area (Å²) in [6, 6.07) is 11.5. The molecular weight excluding hydrogens is 366 g/mol. The van der Waals surface area contributed by atoms with Crippen molar-refractivity contribution in [3.05, 3.63) is 47.5 Å². The van der Waals surface area contributed by atoms with Gasteiger partial charge < -0.3 is 19.4 Å². The van der Waals surface area contributed by atoms with Crippen LogP contribution in [-0.4, -0.2) is 48.6 Å². The fourth-order valence-corrected chi connectivity index (χ4v) is 4.62. The summed E-state index contributed by atoms with van der Waals surface area (Å²) in [6.45, 7) is 5.25. The Bertz CT molecular complexity index is 1070. The Morgan fingerprint density at radius 1 is 1.24 bits per heavy atom. The third-order valence-electron chi connectivity index (χ3n) is 6.30. The molecule has 1 aromatic heterocycles. The van der Waals surface area contributed by atoms with Crippen molar-refractivity contribution in [2.45, 2.75) is 25.8 Å². The highest BCUT2D eigenvalue weighted by Crippen LogP contribution is 2.31. The van der Waals surface area contributed by atoms with Crippen molar-refractivity contribution >= 4 is 17.0 Å². The molecular formula is C23H25N3O3. The van der Waals surface area contributed by atoms with Gasteiger partial charge in [-0.25, -0.2) is 4.98 Å². The van der Waals surface area contributed by atoms with Crippen LogP contribution in [0.4, 0.5) is 0 Å². The van der Waals surface area contributed by atoms with Crippen molar-refractivity contribution in [3.63, 3.8) is 0 Å². The molecule has 0 spiro atoms. The number of ether oxygens (including phenoxy) is 1. The van der Waals surface area contributed by atoms with Crippen LogP contribution in [0.15, 0.2) is 40.8 Å². The zero-order valence-corrected chi connectivity index (χ0v) is 16.8. The van der Waals surface area contributed by atoms with Gasteiger partial charge in [0, 0.05) is 18.2 Å². The van der Waals surface area contributed by atoms with E-state index in [1.165, 1.54) is 12.8 Å². The number of nitrogens with one attached hydrogen (secondary N) is 1. The maximum Gasteiger partial charge on any atom is 0.253 e. The lowest BCUT2D eigenvalue weighted by molar-refractivity contribution is 0.0621. The maximum absolute atomic E-state index is 13.1. The van der Waals surface area contributed by atoms with E-state index in [-0.39, 0.29) is 11.9 Å². The molecule has 1 unspecified atom stereocenters. The van der Waals surface area contributed by atoms with Gasteiger partial charge in [-0.1, -0.05) is 6.07 Å². The van der Waals surface area contributed by atoms with Gasteiger partial charge in [0.25, 0.3) is 5.91 Å². The number of nitrogens with zero attached hydrogens (tertiary/aromatic N) is 2. The highest BCUT2D eigenvalue weighted by atomic mass is 16.5. The molecule has 2 aromatic carbocycles. The predicted molar refractivity (Wildman–Crippen MR) is 111 cm³/mol. The highest BCUT2D eigenvalue weighted by molar-refractivity contribution is 6.05. The third-order valence-corrected chi connectivity index (χ3v) is 6.30. The zero-order chi connectivity index (χ0) is 20.0. The van der Waals surface area contributed by atoms with E-state index in [0.29, 0.717) is 28.5 Å². The molecule has 3 aliphatic heterocycles. The molecule has 1 amide bonds. The van der Waals surface area contributed by atoms with Gasteiger partial charge in [0.15, 0.2) is 5.58 Å². The molecule has 2 bridgehead atoms. The molecule has 6 nitrogen and oxygen atoms in total. The fourth-order valence-electron chi connectivity index (χ4n) is 4.62. The number of amides is 1. The number of carbonyl (C=O) groups excluding carboxylic acids is 1. The molecule has 6 heteroatoms. The van der Waals surface area contributed by atoms with Crippen LogP contribution in [0.1, 0.15) is 28.8 Å². The Morgan fingerprint density at radius 2 is 2.07 bits per heavy atom. The number of piperidine rings is 3. The van der Waals surface area contributed by atoms with E-state index in [1.54, 1.807) is 7.11 Å². The van der Waals surface area contributed by atoms with Crippen molar-refractivity contribution in [1.29, 1.82) is 0 Å². The van der Waals surface area contributed by atoms with Gasteiger partial charge in [-0.15, -0.1) is 0 Å². The minimum absolute atomic E-state index is 0.0688. The molecule has 0 saturated carbocycles. The molecule has 29 heavy (non-hydrogen) atoms. The topological polar surface area (TPSA) is 67.6 Å². The molecule has 3 saturated heterocycles. The van der Waals surface area contributed by atoms with Crippen LogP contribution in [-0.2, 0) is 0 Å². The molecule has 3 aliphatic rings. The van der Waals surface area contributed by atoms with E-state index in [9.17, 15) is 4.79 Å². The fraction of sp³-hybridized carbons (Fsp3) is 0.391. The minimum Gasteiger partial charge on any atom is -0.497 e. The van der Waals surface area contributed by atoms with Crippen LogP contribution in [0.3, 0.4) is 0 Å². The van der Waals surface area contributed by atoms with Gasteiger partial charge >= 0.3 is 0 Å². The summed E-state index contributed by atoms with van der Waals surface area (Å²) < 4.78 is 11.3. The second-order valence-electron chi connectivity index (χ2n) is 8.07. The first kappa shape index (κ1) is 18.2. The van der Waals surface area contributed by atoms with E-state index < -0.39 is 0 Å². The normalized spacial score (nSPS) is 23.3. The second kappa shape index (κ2) is 7.19. The number of methoxy groups -OCH3 is 1. The summed E-state index contributed by atoms with van der Waals surface area (Å²) in [6.07, 6.45) is 2.33. The molecule has 150 valence electrons. The van der Waals surface area contributed by atoms with Crippen LogP contribution in [0, 0.1) is 12.8 Å². The van der Waals surface area contributed by atoms with E-state index in [4.69, 9.17) is 9.15 Å². The van der Waals surface area contributed by atoms with Gasteiger partial charge in [0.2, 0.25) is 5.89 Å². The van der Waals surface area contributed by atoms with Crippen molar-refractivity contribution in [2.24, 2.45) is 5.92 Å². The summed E-state index contributed by atoms with van der Waals surface area (Å²) in [7, 11) is 1.65. The lowest BCUT2D eigenvalue weighted by atomic mass is 9.84. The van der Waals surface area contributed by atoms with Crippen LogP contribution >= 0.6 is 0 Å². The van der Waals surface area contributed by atoms with Gasteiger partial charge in [-0.3, -0.25) is 4.79 Å². The Hall–Kier alpha value is -2.86. The number of oxazole rings is 1. The maximum atomic E-state index is 13.1. The number of hydrogen-bond donors (Lipinski definition) is 1. The number of fused-ring (bicyclic) bond motifs is 4. The first-order valence-electron chi connectivity index (χ1n) is 10.2. The number of hydrogen-bond acceptors (Lipinski definition) is 5. The van der Waals surface area contributed by atoms with Gasteiger partial charge in [0.1, 0.15) is 11.3 Å². The van der Waals surface area contributed by atoms with Crippen molar-refractivity contribution in [1.82, 2.24) is 15.2 Å². The molecule has 3 aromatic rings. The number of aromatic nitrogens is 1. The first-order chi connectivity index (χ1) is 14.1. The quantitative estimate of drug-likeness (QED) is 0.736. The van der Waals surface area contributed by atoms with Crippen LogP contribution in [0.25, 0.3) is 22.6 Å². The van der Waals surface area contributed by atoms with E-state index in [1.807, 2.05) is 43.3 Å². The average Bonchev–Trinajstić information content (AvgIpc) is 3.18. The van der Waals surface area contributed by atoms with E-state index in [2.05, 4.69) is 15.2 Å². The van der Waals surface area contributed by atoms with Crippen molar-refractivity contribution < 1.29 is 13.9 Å². The van der Waals surface area contributed by atoms with Crippen molar-refractivity contribution in [2.75, 3.05) is 26.7 Å². The number of benzene rings is 2. The molecule has 1 N–H and O–H groups in total. The van der Waals surface area contributed by atoms with Crippen molar-refractivity contribution in [3.8, 4) is 17.2 Å². The largest absolute Gasteiger partial charge is 0.497 e. The lowest BCUT2D eigenvalue weighted by Crippen LogP contribution is -2.57. The highest BCUT2D eigenvalue weighted by Gasteiger charge is 2.35. The van der Waals surface area contributed by atoms with E-state index >= 15 is 0 Å². The summed E-state index contributed by atoms with van der Waals surface area (Å²) >= 11 is 0. The smallest absolute Gasteiger partial charge is 0.253 e. The number of rotatable bonds is 4. The monoisotopic (exact) mass is 391 g/mol. The molecule has 0 radical (unpaired) electrons. The Balaban J connectivity index is 1.45. The van der Waals surface area contributed by atoms with E-state index in [0.717, 1.165) is 36.5 Å². The van der Waals surface area contributed by atoms with Crippen LogP contribution < -0.4 is 10.1 Å². The van der Waals surface area contributed by atoms with Crippen LogP contribution in [0.5, 0.6) is 5.75 Å². The summed E-state index contributed by atoms with van der Waals surface area (Å²) in [5.74, 6) is 1.82. The minimum atomic E-state index is -0.0688. The summed E-state index contributed by atoms with van der Waals surface area (Å²) in [4.78, 5) is 20.2. The average molecular weight is 391 g/mol. The third kappa shape index (κ3) is 3.27. The first-order valence-corrected chi connectivity index (χ1v) is 10.2. The van der Waals surface area contributed by atoms with Crippen LogP contribution in [0.2, 0.25) is 0 Å². The molecule has 6 rings (SSSR count). The SMILES string of the molecule is COc1ccc(-c2nc3c(C(=O)NC4CN5CCC4CC5)cccc3o2)c(C)c1. The number of aryl methyl sites for hydroxylation is 1. The number of para-hydroxylation sites is 1. The lowest BCUT2D eigenvalue weighted by Gasteiger charge is -2.44. The van der Waals surface area contributed by atoms with Gasteiger partial charge in [-0.05, 0) is 74.7 Å². The Labute approximate surface area is 169 Å². The number of carbonyl (C=O) groups is 1. The molecule has 0 aliphatic carbocycles. The molecule has 3 fully saturated rings. The molecule has 4 heterocycles. The summed E-state index contributed by atoms with van der Waals surface area (Å²) in [5.41, 5.74) is 3.70. The Kier molecular flexibility index (Phi) is 4.51. The summed E-state index contributed by atoms with van der Waals surface area (Å²) in [5, 5.41) is 3.26. The van der Waals surface area contributed by atoms with Gasteiger partial charge in [-0.2, -0.15) is 0 Å².